The van der Waals surface area contributed by atoms with Gasteiger partial charge in [0.15, 0.2) is 0 Å². The molecular formula is C24H30N6O. The maximum absolute atomic E-state index is 13.1. The number of para-hydroxylation sites is 1. The molecule has 7 nitrogen and oxygen atoms in total. The van der Waals surface area contributed by atoms with Gasteiger partial charge < -0.3 is 19.3 Å². The third kappa shape index (κ3) is 3.22. The zero-order valence-electron chi connectivity index (χ0n) is 18.1. The van der Waals surface area contributed by atoms with Crippen LogP contribution < -0.4 is 9.80 Å². The number of hydrogen-bond donors (Lipinski definition) is 0. The molecule has 0 N–H and O–H groups in total. The lowest BCUT2D eigenvalue weighted by molar-refractivity contribution is -0.130. The van der Waals surface area contributed by atoms with Crippen LogP contribution in [0.15, 0.2) is 24.3 Å². The molecule has 1 aromatic carbocycles. The summed E-state index contributed by atoms with van der Waals surface area (Å²) in [6, 6.07) is 8.42. The summed E-state index contributed by atoms with van der Waals surface area (Å²) < 4.78 is 2.14. The predicted octanol–water partition coefficient (Wildman–Crippen LogP) is 3.41. The molecule has 3 aliphatic rings. The van der Waals surface area contributed by atoms with E-state index in [4.69, 9.17) is 9.97 Å². The molecule has 0 atom stereocenters. The van der Waals surface area contributed by atoms with Gasteiger partial charge in [-0.25, -0.2) is 0 Å². The largest absolute Gasteiger partial charge is 0.356 e. The Labute approximate surface area is 182 Å². The van der Waals surface area contributed by atoms with Crippen LogP contribution in [0.3, 0.4) is 0 Å². The molecule has 5 heterocycles. The molecule has 1 amide bonds. The normalized spacial score (nSPS) is 19.4. The van der Waals surface area contributed by atoms with Crippen LogP contribution in [0.2, 0.25) is 0 Å². The topological polar surface area (TPSA) is 57.5 Å². The van der Waals surface area contributed by atoms with Gasteiger partial charge >= 0.3 is 0 Å². The number of fused-ring (bicyclic) bond motifs is 3. The fourth-order valence-corrected chi connectivity index (χ4v) is 5.48. The highest BCUT2D eigenvalue weighted by Gasteiger charge is 2.27. The number of nitrogens with zero attached hydrogens (tertiary/aromatic N) is 6. The average molecular weight is 419 g/mol. The molecule has 31 heavy (non-hydrogen) atoms. The molecule has 0 bridgehead atoms. The van der Waals surface area contributed by atoms with E-state index in [1.54, 1.807) is 0 Å². The van der Waals surface area contributed by atoms with E-state index in [1.807, 2.05) is 4.90 Å². The van der Waals surface area contributed by atoms with Gasteiger partial charge in [-0.3, -0.25) is 4.79 Å². The van der Waals surface area contributed by atoms with E-state index in [-0.39, 0.29) is 5.91 Å². The van der Waals surface area contributed by atoms with Crippen LogP contribution in [-0.2, 0) is 11.3 Å². The van der Waals surface area contributed by atoms with Crippen LogP contribution in [0.1, 0.15) is 38.5 Å². The first-order valence-corrected chi connectivity index (χ1v) is 11.9. The van der Waals surface area contributed by atoms with Gasteiger partial charge in [-0.1, -0.05) is 18.2 Å². The van der Waals surface area contributed by atoms with Crippen LogP contribution in [0.4, 0.5) is 11.8 Å². The molecule has 0 aliphatic carbocycles. The van der Waals surface area contributed by atoms with Gasteiger partial charge in [0.05, 0.1) is 10.9 Å². The van der Waals surface area contributed by atoms with Crippen LogP contribution in [0.5, 0.6) is 0 Å². The van der Waals surface area contributed by atoms with Crippen LogP contribution in [-0.4, -0.2) is 64.6 Å². The molecule has 3 aliphatic heterocycles. The van der Waals surface area contributed by atoms with Gasteiger partial charge in [0.2, 0.25) is 11.9 Å². The fourth-order valence-electron chi connectivity index (χ4n) is 5.48. The summed E-state index contributed by atoms with van der Waals surface area (Å²) in [6.45, 7) is 6.21. The number of benzene rings is 1. The SMILES string of the molecule is O=C(Cn1c2ccccc2c2c(N3CCCC3)nc(N3CCCC3)nc21)N1CCCC1. The number of rotatable bonds is 4. The number of aromatic nitrogens is 3. The Kier molecular flexibility index (Phi) is 4.69. The van der Waals surface area contributed by atoms with Gasteiger partial charge in [-0.2, -0.15) is 9.97 Å². The Balaban J connectivity index is 1.55. The smallest absolute Gasteiger partial charge is 0.242 e. The number of amides is 1. The van der Waals surface area contributed by atoms with E-state index < -0.39 is 0 Å². The second kappa shape index (κ2) is 7.70. The minimum atomic E-state index is 0.198. The summed E-state index contributed by atoms with van der Waals surface area (Å²) in [5.41, 5.74) is 1.99. The summed E-state index contributed by atoms with van der Waals surface area (Å²) in [7, 11) is 0. The average Bonchev–Trinajstić information content (AvgIpc) is 3.61. The molecule has 3 saturated heterocycles. The van der Waals surface area contributed by atoms with Crippen LogP contribution >= 0.6 is 0 Å². The standard InChI is InChI=1S/C24H30N6O/c31-20(27-11-3-4-12-27)17-30-19-10-2-1-9-18(19)21-22(28-13-5-6-14-28)25-24(26-23(21)30)29-15-7-8-16-29/h1-2,9-10H,3-8,11-17H2. The van der Waals surface area contributed by atoms with Crippen molar-refractivity contribution in [2.45, 2.75) is 45.1 Å². The first-order valence-electron chi connectivity index (χ1n) is 11.9. The van der Waals surface area contributed by atoms with Crippen molar-refractivity contribution in [1.82, 2.24) is 19.4 Å². The van der Waals surface area contributed by atoms with Crippen molar-refractivity contribution in [2.24, 2.45) is 0 Å². The number of likely N-dealkylation sites (tertiary alicyclic amines) is 1. The minimum absolute atomic E-state index is 0.198. The summed E-state index contributed by atoms with van der Waals surface area (Å²) in [6.07, 6.45) is 7.01. The van der Waals surface area contributed by atoms with Crippen molar-refractivity contribution in [2.75, 3.05) is 49.1 Å². The zero-order valence-corrected chi connectivity index (χ0v) is 18.1. The highest BCUT2D eigenvalue weighted by Crippen LogP contribution is 2.37. The van der Waals surface area contributed by atoms with Crippen molar-refractivity contribution in [3.8, 4) is 0 Å². The van der Waals surface area contributed by atoms with Gasteiger partial charge in [-0.15, -0.1) is 0 Å². The van der Waals surface area contributed by atoms with Crippen molar-refractivity contribution in [3.05, 3.63) is 24.3 Å². The third-order valence-corrected chi connectivity index (χ3v) is 7.13. The van der Waals surface area contributed by atoms with Gasteiger partial charge in [0.1, 0.15) is 18.0 Å². The van der Waals surface area contributed by atoms with Crippen LogP contribution in [0, 0.1) is 0 Å². The second-order valence-electron chi connectivity index (χ2n) is 9.13. The Morgan fingerprint density at radius 3 is 2.19 bits per heavy atom. The summed E-state index contributed by atoms with van der Waals surface area (Å²) in [4.78, 5) is 30.1. The lowest BCUT2D eigenvalue weighted by Gasteiger charge is -2.22. The molecule has 162 valence electrons. The van der Waals surface area contributed by atoms with E-state index in [2.05, 4.69) is 38.6 Å². The molecule has 3 aromatic rings. The molecule has 0 unspecified atom stereocenters. The first kappa shape index (κ1) is 18.9. The van der Waals surface area contributed by atoms with Crippen molar-refractivity contribution < 1.29 is 4.79 Å². The Morgan fingerprint density at radius 2 is 1.45 bits per heavy atom. The van der Waals surface area contributed by atoms with Crippen molar-refractivity contribution in [1.29, 1.82) is 0 Å². The Hall–Kier alpha value is -2.83. The monoisotopic (exact) mass is 418 g/mol. The molecular weight excluding hydrogens is 388 g/mol. The van der Waals surface area contributed by atoms with Crippen molar-refractivity contribution in [3.63, 3.8) is 0 Å². The molecule has 6 rings (SSSR count). The van der Waals surface area contributed by atoms with E-state index >= 15 is 0 Å². The van der Waals surface area contributed by atoms with E-state index in [1.165, 1.54) is 25.7 Å². The zero-order chi connectivity index (χ0) is 20.8. The highest BCUT2D eigenvalue weighted by atomic mass is 16.2. The number of hydrogen-bond acceptors (Lipinski definition) is 5. The lowest BCUT2D eigenvalue weighted by atomic mass is 10.2. The van der Waals surface area contributed by atoms with Gasteiger partial charge in [0.25, 0.3) is 0 Å². The Morgan fingerprint density at radius 1 is 0.806 bits per heavy atom. The van der Waals surface area contributed by atoms with Crippen molar-refractivity contribution >= 4 is 39.6 Å². The number of anilines is 2. The Bertz CT molecular complexity index is 1120. The fraction of sp³-hybridized carbons (Fsp3) is 0.542. The number of carbonyl (C=O) groups excluding carboxylic acids is 1. The quantitative estimate of drug-likeness (QED) is 0.650. The summed E-state index contributed by atoms with van der Waals surface area (Å²) >= 11 is 0. The summed E-state index contributed by atoms with van der Waals surface area (Å²) in [5.74, 6) is 2.07. The molecule has 0 radical (unpaired) electrons. The molecule has 0 saturated carbocycles. The van der Waals surface area contributed by atoms with Gasteiger partial charge in [-0.05, 0) is 44.6 Å². The highest BCUT2D eigenvalue weighted by molar-refractivity contribution is 6.12. The van der Waals surface area contributed by atoms with E-state index in [9.17, 15) is 4.79 Å². The molecule has 0 spiro atoms. The maximum atomic E-state index is 13.1. The second-order valence-corrected chi connectivity index (χ2v) is 9.13. The maximum Gasteiger partial charge on any atom is 0.242 e. The lowest BCUT2D eigenvalue weighted by Crippen LogP contribution is -2.31. The minimum Gasteiger partial charge on any atom is -0.356 e. The number of carbonyl (C=O) groups is 1. The van der Waals surface area contributed by atoms with Crippen LogP contribution in [0.25, 0.3) is 21.9 Å². The van der Waals surface area contributed by atoms with E-state index in [0.29, 0.717) is 6.54 Å². The molecule has 3 fully saturated rings. The molecule has 7 heteroatoms. The predicted molar refractivity (Wildman–Crippen MR) is 124 cm³/mol. The third-order valence-electron chi connectivity index (χ3n) is 7.13. The van der Waals surface area contributed by atoms with E-state index in [0.717, 1.165) is 85.8 Å². The first-order chi connectivity index (χ1) is 15.3. The van der Waals surface area contributed by atoms with Gasteiger partial charge in [0, 0.05) is 44.7 Å². The molecule has 2 aromatic heterocycles. The summed E-state index contributed by atoms with van der Waals surface area (Å²) in [5, 5.41) is 2.26.